The molecule has 1 saturated carbocycles. The Morgan fingerprint density at radius 1 is 1.32 bits per heavy atom. The zero-order valence-electron chi connectivity index (χ0n) is 12.9. The lowest BCUT2D eigenvalue weighted by molar-refractivity contribution is 0.163. The van der Waals surface area contributed by atoms with Crippen LogP contribution in [0.25, 0.3) is 0 Å². The van der Waals surface area contributed by atoms with Crippen LogP contribution >= 0.6 is 0 Å². The van der Waals surface area contributed by atoms with Crippen molar-refractivity contribution in [2.24, 2.45) is 11.3 Å². The number of hydrogen-bond acceptors (Lipinski definition) is 2. The highest BCUT2D eigenvalue weighted by molar-refractivity contribution is 7.84. The van der Waals surface area contributed by atoms with Crippen LogP contribution in [0.3, 0.4) is 0 Å². The Balaban J connectivity index is 2.10. The predicted octanol–water partition coefficient (Wildman–Crippen LogP) is 2.60. The third-order valence-electron chi connectivity index (χ3n) is 5.51. The van der Waals surface area contributed by atoms with E-state index in [0.717, 1.165) is 19.5 Å². The second kappa shape index (κ2) is 5.82. The smallest absolute Gasteiger partial charge is 0.0975 e. The monoisotopic (exact) mass is 286 g/mol. The van der Waals surface area contributed by atoms with Gasteiger partial charge < -0.3 is 5.32 Å². The Labute approximate surface area is 120 Å². The number of piperidine rings is 1. The molecule has 0 aromatic carbocycles. The molecule has 0 radical (unpaired) electrons. The van der Waals surface area contributed by atoms with Crippen LogP contribution < -0.4 is 10.0 Å². The second-order valence-corrected chi connectivity index (χ2v) is 8.98. The molecule has 4 heteroatoms. The first kappa shape index (κ1) is 15.5. The molecule has 2 rings (SSSR count). The van der Waals surface area contributed by atoms with E-state index in [-0.39, 0.29) is 4.75 Å². The molecule has 0 aromatic rings. The molecule has 1 aliphatic heterocycles. The van der Waals surface area contributed by atoms with Gasteiger partial charge in [-0.15, -0.1) is 0 Å². The molecule has 1 aliphatic carbocycles. The fraction of sp³-hybridized carbons (Fsp3) is 1.00. The summed E-state index contributed by atoms with van der Waals surface area (Å²) in [6.07, 6.45) is 6.00. The zero-order valence-corrected chi connectivity index (χ0v) is 13.7. The predicted molar refractivity (Wildman–Crippen MR) is 82.4 cm³/mol. The number of nitrogens with one attached hydrogen (secondary N) is 2. The van der Waals surface area contributed by atoms with Crippen LogP contribution in [0.4, 0.5) is 0 Å². The van der Waals surface area contributed by atoms with Gasteiger partial charge in [0.25, 0.3) is 0 Å². The van der Waals surface area contributed by atoms with E-state index in [4.69, 9.17) is 0 Å². The van der Waals surface area contributed by atoms with Crippen LogP contribution in [0, 0.1) is 11.3 Å². The molecule has 0 amide bonds. The van der Waals surface area contributed by atoms with Crippen LogP contribution in [-0.4, -0.2) is 28.1 Å². The van der Waals surface area contributed by atoms with E-state index in [0.29, 0.717) is 17.4 Å². The molecule has 2 fully saturated rings. The van der Waals surface area contributed by atoms with Crippen LogP contribution in [-0.2, 0) is 11.0 Å². The van der Waals surface area contributed by atoms with Crippen molar-refractivity contribution in [3.05, 3.63) is 0 Å². The minimum Gasteiger partial charge on any atom is -0.317 e. The van der Waals surface area contributed by atoms with E-state index < -0.39 is 11.0 Å². The lowest BCUT2D eigenvalue weighted by Crippen LogP contribution is -2.52. The minimum atomic E-state index is -0.939. The van der Waals surface area contributed by atoms with Gasteiger partial charge in [-0.05, 0) is 70.4 Å². The topological polar surface area (TPSA) is 41.1 Å². The molecular formula is C15H30N2OS. The van der Waals surface area contributed by atoms with Crippen molar-refractivity contribution in [1.82, 2.24) is 10.0 Å². The summed E-state index contributed by atoms with van der Waals surface area (Å²) in [6.45, 7) is 10.9. The van der Waals surface area contributed by atoms with Crippen LogP contribution in [0.15, 0.2) is 0 Å². The maximum absolute atomic E-state index is 12.6. The first-order chi connectivity index (χ1) is 8.91. The molecule has 2 aliphatic rings. The Hall–Kier alpha value is 0.0700. The van der Waals surface area contributed by atoms with Gasteiger partial charge in [-0.3, -0.25) is 0 Å². The fourth-order valence-electron chi connectivity index (χ4n) is 3.57. The van der Waals surface area contributed by atoms with Gasteiger partial charge in [0.15, 0.2) is 0 Å². The summed E-state index contributed by atoms with van der Waals surface area (Å²) < 4.78 is 16.0. The quantitative estimate of drug-likeness (QED) is 0.834. The molecule has 19 heavy (non-hydrogen) atoms. The lowest BCUT2D eigenvalue weighted by atomic mass is 9.74. The highest BCUT2D eigenvalue weighted by atomic mass is 32.2. The van der Waals surface area contributed by atoms with E-state index in [2.05, 4.69) is 37.7 Å². The third kappa shape index (κ3) is 3.06. The van der Waals surface area contributed by atoms with Crippen molar-refractivity contribution in [3.63, 3.8) is 0 Å². The maximum atomic E-state index is 12.6. The third-order valence-corrected chi connectivity index (χ3v) is 7.27. The Kier molecular flexibility index (Phi) is 4.74. The standard InChI is InChI=1S/C15H30N2OS/c1-5-14(3,4)19(18)17-13-12(2)6-7-15(13)8-10-16-11-9-15/h12-13,16-17H,5-11H2,1-4H3. The SMILES string of the molecule is CCC(C)(C)S(=O)NC1C(C)CCC12CCNCC2. The highest BCUT2D eigenvalue weighted by Crippen LogP contribution is 2.48. The van der Waals surface area contributed by atoms with Crippen molar-refractivity contribution < 1.29 is 4.21 Å². The van der Waals surface area contributed by atoms with Crippen LogP contribution in [0.5, 0.6) is 0 Å². The molecule has 1 saturated heterocycles. The normalized spacial score (nSPS) is 32.6. The van der Waals surface area contributed by atoms with Gasteiger partial charge in [0.1, 0.15) is 0 Å². The summed E-state index contributed by atoms with van der Waals surface area (Å²) in [7, 11) is -0.939. The van der Waals surface area contributed by atoms with Crippen molar-refractivity contribution in [2.75, 3.05) is 13.1 Å². The van der Waals surface area contributed by atoms with Gasteiger partial charge in [-0.25, -0.2) is 8.93 Å². The molecule has 3 nitrogen and oxygen atoms in total. The molecule has 3 atom stereocenters. The first-order valence-electron chi connectivity index (χ1n) is 7.80. The first-order valence-corrected chi connectivity index (χ1v) is 8.95. The minimum absolute atomic E-state index is 0.129. The van der Waals surface area contributed by atoms with Gasteiger partial charge in [0.05, 0.1) is 15.7 Å². The van der Waals surface area contributed by atoms with Gasteiger partial charge in [0.2, 0.25) is 0 Å². The second-order valence-electron chi connectivity index (χ2n) is 7.11. The Bertz CT molecular complexity index is 332. The van der Waals surface area contributed by atoms with Gasteiger partial charge in [0, 0.05) is 6.04 Å². The Morgan fingerprint density at radius 3 is 2.53 bits per heavy atom. The molecule has 112 valence electrons. The van der Waals surface area contributed by atoms with Gasteiger partial charge >= 0.3 is 0 Å². The highest BCUT2D eigenvalue weighted by Gasteiger charge is 2.48. The molecule has 1 spiro atoms. The summed E-state index contributed by atoms with van der Waals surface area (Å²) in [4.78, 5) is 0. The fourth-order valence-corrected chi connectivity index (χ4v) is 4.87. The van der Waals surface area contributed by atoms with Crippen molar-refractivity contribution in [1.29, 1.82) is 0 Å². The van der Waals surface area contributed by atoms with E-state index >= 15 is 0 Å². The van der Waals surface area contributed by atoms with E-state index in [1.54, 1.807) is 0 Å². The van der Waals surface area contributed by atoms with Gasteiger partial charge in [-0.1, -0.05) is 13.8 Å². The average molecular weight is 286 g/mol. The molecule has 3 unspecified atom stereocenters. The summed E-state index contributed by atoms with van der Waals surface area (Å²) >= 11 is 0. The lowest BCUT2D eigenvalue weighted by Gasteiger charge is -2.41. The van der Waals surface area contributed by atoms with E-state index in [9.17, 15) is 4.21 Å². The van der Waals surface area contributed by atoms with Crippen LogP contribution in [0.2, 0.25) is 0 Å². The Morgan fingerprint density at radius 2 is 1.95 bits per heavy atom. The average Bonchev–Trinajstić information content (AvgIpc) is 2.69. The van der Waals surface area contributed by atoms with Crippen LogP contribution in [0.1, 0.15) is 59.8 Å². The van der Waals surface area contributed by atoms with Gasteiger partial charge in [-0.2, -0.15) is 0 Å². The summed E-state index contributed by atoms with van der Waals surface area (Å²) in [6, 6.07) is 0.432. The van der Waals surface area contributed by atoms with Crippen molar-refractivity contribution >= 4 is 11.0 Å². The van der Waals surface area contributed by atoms with E-state index in [1.807, 2.05) is 0 Å². The van der Waals surface area contributed by atoms with Crippen molar-refractivity contribution in [3.8, 4) is 0 Å². The summed E-state index contributed by atoms with van der Waals surface area (Å²) in [5.74, 6) is 0.648. The number of rotatable bonds is 4. The van der Waals surface area contributed by atoms with E-state index in [1.165, 1.54) is 25.7 Å². The molecular weight excluding hydrogens is 256 g/mol. The zero-order chi connectivity index (χ0) is 14.1. The maximum Gasteiger partial charge on any atom is 0.0975 e. The molecule has 0 aromatic heterocycles. The summed E-state index contributed by atoms with van der Waals surface area (Å²) in [5, 5.41) is 3.46. The number of hydrogen-bond donors (Lipinski definition) is 2. The van der Waals surface area contributed by atoms with Crippen molar-refractivity contribution in [2.45, 2.75) is 70.6 Å². The molecule has 0 bridgehead atoms. The molecule has 2 N–H and O–H groups in total. The molecule has 1 heterocycles. The largest absolute Gasteiger partial charge is 0.317 e. The summed E-state index contributed by atoms with van der Waals surface area (Å²) in [5.41, 5.74) is 0.393.